The summed E-state index contributed by atoms with van der Waals surface area (Å²) in [6.45, 7) is 13.1. The topological polar surface area (TPSA) is 20.3 Å². The molecule has 1 heterocycles. The van der Waals surface area contributed by atoms with Crippen LogP contribution in [0.2, 0.25) is 0 Å². The van der Waals surface area contributed by atoms with Crippen LogP contribution in [-0.4, -0.2) is 54.6 Å². The number of rotatable bonds is 6. The maximum Gasteiger partial charge on any atom is 0.228 e. The molecule has 0 bridgehead atoms. The molecule has 0 radical (unpaired) electrons. The normalized spacial score (nSPS) is 16.8. The highest BCUT2D eigenvalue weighted by molar-refractivity contribution is 5.76. The number of amides is 1. The molecule has 94 valence electrons. The maximum absolute atomic E-state index is 12.0. The van der Waals surface area contributed by atoms with E-state index in [1.54, 1.807) is 0 Å². The van der Waals surface area contributed by atoms with Crippen molar-refractivity contribution in [3.05, 3.63) is 0 Å². The van der Waals surface area contributed by atoms with Crippen LogP contribution in [-0.2, 0) is 4.79 Å². The highest BCUT2D eigenvalue weighted by atomic mass is 16.2. The third-order valence-electron chi connectivity index (χ3n) is 4.27. The van der Waals surface area contributed by atoms with Crippen LogP contribution >= 0.6 is 0 Å². The minimum Gasteiger partial charge on any atom is -0.343 e. The number of hydrogen-bond donors (Lipinski definition) is 0. The molecule has 0 aromatic carbocycles. The SMILES string of the molecule is CC[N+](CC)(CC)CCC(=O)N1CCCC1. The van der Waals surface area contributed by atoms with Gasteiger partial charge in [0.05, 0.1) is 32.6 Å². The van der Waals surface area contributed by atoms with Crippen LogP contribution in [0.3, 0.4) is 0 Å². The molecule has 3 heteroatoms. The molecular weight excluding hydrogens is 200 g/mol. The highest BCUT2D eigenvalue weighted by Gasteiger charge is 2.24. The van der Waals surface area contributed by atoms with Gasteiger partial charge in [-0.1, -0.05) is 0 Å². The van der Waals surface area contributed by atoms with Gasteiger partial charge in [-0.15, -0.1) is 0 Å². The second-order valence-corrected chi connectivity index (χ2v) is 4.85. The summed E-state index contributed by atoms with van der Waals surface area (Å²) in [4.78, 5) is 14.0. The van der Waals surface area contributed by atoms with Crippen LogP contribution in [0.1, 0.15) is 40.0 Å². The molecule has 0 atom stereocenters. The lowest BCUT2D eigenvalue weighted by Gasteiger charge is -2.36. The van der Waals surface area contributed by atoms with Crippen molar-refractivity contribution in [3.8, 4) is 0 Å². The van der Waals surface area contributed by atoms with Crippen molar-refractivity contribution in [1.29, 1.82) is 0 Å². The molecule has 3 nitrogen and oxygen atoms in total. The van der Waals surface area contributed by atoms with Gasteiger partial charge in [-0.05, 0) is 33.6 Å². The van der Waals surface area contributed by atoms with Crippen LogP contribution in [0.25, 0.3) is 0 Å². The Morgan fingerprint density at radius 3 is 2.00 bits per heavy atom. The molecule has 0 aliphatic carbocycles. The van der Waals surface area contributed by atoms with E-state index in [-0.39, 0.29) is 0 Å². The van der Waals surface area contributed by atoms with E-state index in [1.165, 1.54) is 12.8 Å². The molecule has 1 saturated heterocycles. The first-order valence-corrected chi connectivity index (χ1v) is 6.80. The molecule has 0 spiro atoms. The Morgan fingerprint density at radius 1 is 1.06 bits per heavy atom. The molecule has 1 aliphatic heterocycles. The zero-order valence-corrected chi connectivity index (χ0v) is 11.2. The van der Waals surface area contributed by atoms with E-state index in [9.17, 15) is 4.79 Å². The Balaban J connectivity index is 2.39. The summed E-state index contributed by atoms with van der Waals surface area (Å²) >= 11 is 0. The lowest BCUT2D eigenvalue weighted by Crippen LogP contribution is -2.49. The van der Waals surface area contributed by atoms with Gasteiger partial charge in [0, 0.05) is 13.1 Å². The van der Waals surface area contributed by atoms with Gasteiger partial charge in [-0.2, -0.15) is 0 Å². The summed E-state index contributed by atoms with van der Waals surface area (Å²) in [6.07, 6.45) is 3.12. The van der Waals surface area contributed by atoms with Crippen molar-refractivity contribution in [1.82, 2.24) is 4.90 Å². The smallest absolute Gasteiger partial charge is 0.228 e. The third-order valence-corrected chi connectivity index (χ3v) is 4.27. The number of carbonyl (C=O) groups excluding carboxylic acids is 1. The number of nitrogens with zero attached hydrogens (tertiary/aromatic N) is 2. The zero-order valence-electron chi connectivity index (χ0n) is 11.2. The molecule has 0 saturated carbocycles. The van der Waals surface area contributed by atoms with Gasteiger partial charge in [-0.3, -0.25) is 4.79 Å². The Kier molecular flexibility index (Phi) is 5.26. The Bertz CT molecular complexity index is 210. The van der Waals surface area contributed by atoms with Crippen molar-refractivity contribution in [2.75, 3.05) is 39.3 Å². The van der Waals surface area contributed by atoms with E-state index in [0.717, 1.165) is 50.2 Å². The molecule has 0 N–H and O–H groups in total. The standard InChI is InChI=1S/C13H27N2O/c1-4-15(5-2,6-3)12-9-13(16)14-10-7-8-11-14/h4-12H2,1-3H3/q+1. The van der Waals surface area contributed by atoms with Gasteiger partial charge in [0.2, 0.25) is 5.91 Å². The van der Waals surface area contributed by atoms with E-state index >= 15 is 0 Å². The lowest BCUT2D eigenvalue weighted by molar-refractivity contribution is -0.922. The van der Waals surface area contributed by atoms with Crippen LogP contribution in [0.5, 0.6) is 0 Å². The number of quaternary nitrogens is 1. The first-order chi connectivity index (χ1) is 7.67. The summed E-state index contributed by atoms with van der Waals surface area (Å²) in [7, 11) is 0. The van der Waals surface area contributed by atoms with Crippen molar-refractivity contribution in [2.24, 2.45) is 0 Å². The molecule has 0 aromatic rings. The minimum atomic E-state index is 0.371. The minimum absolute atomic E-state index is 0.371. The first kappa shape index (κ1) is 13.5. The maximum atomic E-state index is 12.0. The fourth-order valence-electron chi connectivity index (χ4n) is 2.60. The summed E-state index contributed by atoms with van der Waals surface area (Å²) < 4.78 is 1.08. The average molecular weight is 227 g/mol. The number of hydrogen-bond acceptors (Lipinski definition) is 1. The largest absolute Gasteiger partial charge is 0.343 e. The molecule has 0 aromatic heterocycles. The quantitative estimate of drug-likeness (QED) is 0.634. The zero-order chi connectivity index (χ0) is 12.0. The van der Waals surface area contributed by atoms with E-state index in [2.05, 4.69) is 20.8 Å². The Morgan fingerprint density at radius 2 is 1.56 bits per heavy atom. The van der Waals surface area contributed by atoms with Gasteiger partial charge >= 0.3 is 0 Å². The molecule has 1 amide bonds. The van der Waals surface area contributed by atoms with Gasteiger partial charge in [0.15, 0.2) is 0 Å². The fraction of sp³-hybridized carbons (Fsp3) is 0.923. The van der Waals surface area contributed by atoms with E-state index in [4.69, 9.17) is 0 Å². The molecule has 1 aliphatic rings. The average Bonchev–Trinajstić information content (AvgIpc) is 2.85. The third kappa shape index (κ3) is 3.21. The highest BCUT2D eigenvalue weighted by Crippen LogP contribution is 2.12. The number of likely N-dealkylation sites (tertiary alicyclic amines) is 1. The van der Waals surface area contributed by atoms with Gasteiger partial charge < -0.3 is 9.38 Å². The summed E-state index contributed by atoms with van der Waals surface area (Å²) in [5.74, 6) is 0.371. The monoisotopic (exact) mass is 227 g/mol. The van der Waals surface area contributed by atoms with Crippen LogP contribution in [0.15, 0.2) is 0 Å². The molecular formula is C13H27N2O+. The van der Waals surface area contributed by atoms with Gasteiger partial charge in [0.1, 0.15) is 0 Å². The predicted molar refractivity (Wildman–Crippen MR) is 67.2 cm³/mol. The summed E-state index contributed by atoms with van der Waals surface area (Å²) in [6, 6.07) is 0. The van der Waals surface area contributed by atoms with Crippen molar-refractivity contribution in [3.63, 3.8) is 0 Å². The molecule has 1 rings (SSSR count). The molecule has 1 fully saturated rings. The number of carbonyl (C=O) groups is 1. The Hall–Kier alpha value is -0.570. The van der Waals surface area contributed by atoms with Crippen LogP contribution in [0, 0.1) is 0 Å². The predicted octanol–water partition coefficient (Wildman–Crippen LogP) is 1.88. The van der Waals surface area contributed by atoms with Crippen LogP contribution < -0.4 is 0 Å². The van der Waals surface area contributed by atoms with Crippen molar-refractivity contribution in [2.45, 2.75) is 40.0 Å². The summed E-state index contributed by atoms with van der Waals surface area (Å²) in [5, 5.41) is 0. The van der Waals surface area contributed by atoms with Gasteiger partial charge in [0.25, 0.3) is 0 Å². The Labute approximate surface area is 100 Å². The molecule has 16 heavy (non-hydrogen) atoms. The van der Waals surface area contributed by atoms with E-state index in [0.29, 0.717) is 5.91 Å². The molecule has 0 unspecified atom stereocenters. The lowest BCUT2D eigenvalue weighted by atomic mass is 10.2. The second-order valence-electron chi connectivity index (χ2n) is 4.85. The van der Waals surface area contributed by atoms with Crippen LogP contribution in [0.4, 0.5) is 0 Å². The van der Waals surface area contributed by atoms with Crippen molar-refractivity contribution >= 4 is 5.91 Å². The van der Waals surface area contributed by atoms with E-state index in [1.807, 2.05) is 4.90 Å². The fourth-order valence-corrected chi connectivity index (χ4v) is 2.60. The summed E-state index contributed by atoms with van der Waals surface area (Å²) in [5.41, 5.74) is 0. The second kappa shape index (κ2) is 6.24. The van der Waals surface area contributed by atoms with E-state index < -0.39 is 0 Å². The van der Waals surface area contributed by atoms with Gasteiger partial charge in [-0.25, -0.2) is 0 Å². The first-order valence-electron chi connectivity index (χ1n) is 6.80. The van der Waals surface area contributed by atoms with Crippen molar-refractivity contribution < 1.29 is 9.28 Å².